The number of hydrogen-bond acceptors (Lipinski definition) is 6. The lowest BCUT2D eigenvalue weighted by molar-refractivity contribution is -0.137. The van der Waals surface area contributed by atoms with Crippen LogP contribution in [-0.2, 0) is 20.7 Å². The van der Waals surface area contributed by atoms with Gasteiger partial charge < -0.3 is 9.84 Å². The molecule has 1 fully saturated rings. The fraction of sp³-hybridized carbons (Fsp3) is 0.400. The minimum absolute atomic E-state index is 0.0422. The fourth-order valence-corrected chi connectivity index (χ4v) is 4.37. The number of carboxylic acid groups (broad SMARTS) is 1. The Labute approximate surface area is 197 Å². The van der Waals surface area contributed by atoms with Crippen LogP contribution in [0.25, 0.3) is 11.2 Å². The average Bonchev–Trinajstić information content (AvgIpc) is 3.33. The number of carboxylic acids is 1. The highest BCUT2D eigenvalue weighted by atomic mass is 16.5. The summed E-state index contributed by atoms with van der Waals surface area (Å²) in [7, 11) is 1.65. The summed E-state index contributed by atoms with van der Waals surface area (Å²) in [4.78, 5) is 47.6. The van der Waals surface area contributed by atoms with Gasteiger partial charge in [0.1, 0.15) is 17.0 Å². The number of benzene rings is 1. The molecule has 0 aliphatic carbocycles. The summed E-state index contributed by atoms with van der Waals surface area (Å²) in [6.45, 7) is 2.58. The second kappa shape index (κ2) is 10.1. The molecule has 3 heterocycles. The predicted molar refractivity (Wildman–Crippen MR) is 127 cm³/mol. The number of carbonyl (C=O) groups is 2. The molecular formula is C25H28N4O5. The van der Waals surface area contributed by atoms with Gasteiger partial charge in [0.2, 0.25) is 5.91 Å². The summed E-state index contributed by atoms with van der Waals surface area (Å²) in [6.07, 6.45) is 0.849. The third-order valence-corrected chi connectivity index (χ3v) is 6.22. The molecule has 9 heteroatoms. The molecule has 1 aliphatic rings. The third-order valence-electron chi connectivity index (χ3n) is 6.22. The molecule has 4 rings (SSSR count). The molecule has 34 heavy (non-hydrogen) atoms. The quantitative estimate of drug-likeness (QED) is 0.545. The van der Waals surface area contributed by atoms with Gasteiger partial charge in [-0.3, -0.25) is 23.9 Å². The number of aromatic nitrogens is 3. The molecule has 2 aromatic heterocycles. The normalized spacial score (nSPS) is 17.7. The molecule has 9 nitrogen and oxygen atoms in total. The van der Waals surface area contributed by atoms with E-state index in [1.54, 1.807) is 30.7 Å². The van der Waals surface area contributed by atoms with Crippen molar-refractivity contribution in [3.63, 3.8) is 0 Å². The largest absolute Gasteiger partial charge is 0.481 e. The van der Waals surface area contributed by atoms with Gasteiger partial charge in [0.05, 0.1) is 19.3 Å². The number of rotatable bonds is 8. The van der Waals surface area contributed by atoms with E-state index in [0.717, 1.165) is 5.56 Å². The van der Waals surface area contributed by atoms with Crippen molar-refractivity contribution in [3.05, 3.63) is 64.1 Å². The van der Waals surface area contributed by atoms with E-state index in [1.807, 2.05) is 30.3 Å². The Balaban J connectivity index is 1.86. The number of anilines is 1. The maximum absolute atomic E-state index is 13.7. The first-order valence-electron chi connectivity index (χ1n) is 11.4. The van der Waals surface area contributed by atoms with Gasteiger partial charge in [-0.2, -0.15) is 0 Å². The SMILES string of the molecule is CCC(=O)N(C)c1ccc2nc(CCCC(=O)O)c(=O)n([C@@H]3COC[C@H]3c3ccccc3)c2n1. The lowest BCUT2D eigenvalue weighted by Gasteiger charge is -2.23. The van der Waals surface area contributed by atoms with Crippen molar-refractivity contribution in [1.29, 1.82) is 0 Å². The van der Waals surface area contributed by atoms with Gasteiger partial charge in [-0.05, 0) is 30.5 Å². The highest BCUT2D eigenvalue weighted by Crippen LogP contribution is 2.35. The van der Waals surface area contributed by atoms with Gasteiger partial charge in [-0.15, -0.1) is 0 Å². The van der Waals surface area contributed by atoms with Crippen LogP contribution in [0.5, 0.6) is 0 Å². The third kappa shape index (κ3) is 4.70. The lowest BCUT2D eigenvalue weighted by atomic mass is 9.94. The Morgan fingerprint density at radius 2 is 1.91 bits per heavy atom. The first-order valence-corrected chi connectivity index (χ1v) is 11.4. The molecule has 1 saturated heterocycles. The van der Waals surface area contributed by atoms with Gasteiger partial charge in [-0.1, -0.05) is 37.3 Å². The summed E-state index contributed by atoms with van der Waals surface area (Å²) in [5.41, 5.74) is 1.97. The first kappa shape index (κ1) is 23.6. The zero-order chi connectivity index (χ0) is 24.2. The Morgan fingerprint density at radius 3 is 2.62 bits per heavy atom. The smallest absolute Gasteiger partial charge is 0.303 e. The molecule has 178 valence electrons. The predicted octanol–water partition coefficient (Wildman–Crippen LogP) is 2.93. The van der Waals surface area contributed by atoms with Crippen molar-refractivity contribution >= 4 is 28.9 Å². The number of fused-ring (bicyclic) bond motifs is 1. The maximum Gasteiger partial charge on any atom is 0.303 e. The molecule has 1 amide bonds. The number of pyridine rings is 1. The maximum atomic E-state index is 13.7. The van der Waals surface area contributed by atoms with Crippen LogP contribution in [0.2, 0.25) is 0 Å². The topological polar surface area (TPSA) is 115 Å². The summed E-state index contributed by atoms with van der Waals surface area (Å²) >= 11 is 0. The molecule has 0 radical (unpaired) electrons. The number of aryl methyl sites for hydroxylation is 1. The van der Waals surface area contributed by atoms with Crippen molar-refractivity contribution < 1.29 is 19.4 Å². The highest BCUT2D eigenvalue weighted by Gasteiger charge is 2.34. The Bertz CT molecular complexity index is 1260. The van der Waals surface area contributed by atoms with Crippen LogP contribution in [-0.4, -0.2) is 51.8 Å². The Kier molecular flexibility index (Phi) is 7.02. The monoisotopic (exact) mass is 464 g/mol. The standard InChI is InChI=1S/C25H28N4O5/c1-3-22(30)28(2)21-13-12-18-24(27-21)29(25(33)19(26-18)10-7-11-23(31)32)20-15-34-14-17(20)16-8-5-4-6-9-16/h4-6,8-9,12-13,17,20H,3,7,10-11,14-15H2,1-2H3,(H,31,32)/t17-,20+/m0/s1. The van der Waals surface area contributed by atoms with E-state index in [4.69, 9.17) is 9.84 Å². The van der Waals surface area contributed by atoms with Gasteiger partial charge in [0.25, 0.3) is 5.56 Å². The molecule has 2 atom stereocenters. The summed E-state index contributed by atoms with van der Waals surface area (Å²) in [6, 6.07) is 13.0. The molecule has 1 aromatic carbocycles. The van der Waals surface area contributed by atoms with E-state index in [2.05, 4.69) is 9.97 Å². The summed E-state index contributed by atoms with van der Waals surface area (Å²) in [5.74, 6) is -0.630. The lowest BCUT2D eigenvalue weighted by Crippen LogP contribution is -2.33. The molecule has 1 aliphatic heterocycles. The molecular weight excluding hydrogens is 436 g/mol. The van der Waals surface area contributed by atoms with Crippen molar-refractivity contribution in [2.24, 2.45) is 0 Å². The molecule has 1 N–H and O–H groups in total. The second-order valence-electron chi connectivity index (χ2n) is 8.42. The van der Waals surface area contributed by atoms with Crippen LogP contribution >= 0.6 is 0 Å². The van der Waals surface area contributed by atoms with E-state index >= 15 is 0 Å². The highest BCUT2D eigenvalue weighted by molar-refractivity contribution is 5.92. The fourth-order valence-electron chi connectivity index (χ4n) is 4.37. The first-order chi connectivity index (χ1) is 16.4. The van der Waals surface area contributed by atoms with Crippen LogP contribution in [0.3, 0.4) is 0 Å². The van der Waals surface area contributed by atoms with Crippen molar-refractivity contribution in [1.82, 2.24) is 14.5 Å². The molecule has 0 unspecified atom stereocenters. The van der Waals surface area contributed by atoms with Crippen LogP contribution in [0, 0.1) is 0 Å². The van der Waals surface area contributed by atoms with Crippen molar-refractivity contribution in [2.75, 3.05) is 25.2 Å². The zero-order valence-corrected chi connectivity index (χ0v) is 19.3. The second-order valence-corrected chi connectivity index (χ2v) is 8.42. The Morgan fingerprint density at radius 1 is 1.15 bits per heavy atom. The minimum Gasteiger partial charge on any atom is -0.481 e. The number of amides is 1. The van der Waals surface area contributed by atoms with Crippen LogP contribution < -0.4 is 10.5 Å². The van der Waals surface area contributed by atoms with Crippen LogP contribution in [0.4, 0.5) is 5.82 Å². The summed E-state index contributed by atoms with van der Waals surface area (Å²) < 4.78 is 7.45. The summed E-state index contributed by atoms with van der Waals surface area (Å²) in [5, 5.41) is 9.01. The van der Waals surface area contributed by atoms with Crippen molar-refractivity contribution in [2.45, 2.75) is 44.6 Å². The van der Waals surface area contributed by atoms with E-state index < -0.39 is 5.97 Å². The van der Waals surface area contributed by atoms with Gasteiger partial charge >= 0.3 is 5.97 Å². The zero-order valence-electron chi connectivity index (χ0n) is 19.3. The van der Waals surface area contributed by atoms with Crippen LogP contribution in [0.15, 0.2) is 47.3 Å². The van der Waals surface area contributed by atoms with Gasteiger partial charge in [0, 0.05) is 25.8 Å². The number of hydrogen-bond donors (Lipinski definition) is 1. The molecule has 0 bridgehead atoms. The average molecular weight is 465 g/mol. The van der Waals surface area contributed by atoms with E-state index in [-0.39, 0.29) is 36.3 Å². The van der Waals surface area contributed by atoms with E-state index in [9.17, 15) is 14.4 Å². The van der Waals surface area contributed by atoms with E-state index in [0.29, 0.717) is 48.7 Å². The Hall–Kier alpha value is -3.59. The molecule has 0 saturated carbocycles. The minimum atomic E-state index is -0.913. The molecule has 3 aromatic rings. The molecule has 0 spiro atoms. The van der Waals surface area contributed by atoms with E-state index in [1.165, 1.54) is 4.90 Å². The number of aliphatic carboxylic acids is 1. The van der Waals surface area contributed by atoms with Crippen molar-refractivity contribution in [3.8, 4) is 0 Å². The van der Waals surface area contributed by atoms with Gasteiger partial charge in [-0.25, -0.2) is 9.97 Å². The van der Waals surface area contributed by atoms with Crippen LogP contribution in [0.1, 0.15) is 49.4 Å². The number of carbonyl (C=O) groups excluding carboxylic acids is 1. The number of ether oxygens (including phenoxy) is 1. The van der Waals surface area contributed by atoms with Gasteiger partial charge in [0.15, 0.2) is 5.65 Å². The number of nitrogens with zero attached hydrogens (tertiary/aromatic N) is 4.